The molecule has 1 N–H and O–H groups in total. The number of carbonyl (C=O) groups is 1. The molecule has 0 saturated carbocycles. The molecule has 0 radical (unpaired) electrons. The van der Waals surface area contributed by atoms with E-state index in [1.807, 2.05) is 0 Å². The molecule has 0 bridgehead atoms. The van der Waals surface area contributed by atoms with Crippen LogP contribution in [0.15, 0.2) is 51.0 Å². The van der Waals surface area contributed by atoms with Gasteiger partial charge in [-0.3, -0.25) is 4.79 Å². The highest BCUT2D eigenvalue weighted by Crippen LogP contribution is 2.22. The quantitative estimate of drug-likeness (QED) is 0.865. The summed E-state index contributed by atoms with van der Waals surface area (Å²) >= 11 is 0. The van der Waals surface area contributed by atoms with Crippen LogP contribution in [0, 0.1) is 6.92 Å². The van der Waals surface area contributed by atoms with E-state index in [2.05, 4.69) is 14.9 Å². The average Bonchev–Trinajstić information content (AvgIpc) is 3.02. The van der Waals surface area contributed by atoms with Crippen molar-refractivity contribution in [2.45, 2.75) is 6.92 Å². The molecule has 1 aliphatic rings. The van der Waals surface area contributed by atoms with Crippen LogP contribution in [0.1, 0.15) is 11.3 Å². The Balaban J connectivity index is 1.95. The lowest BCUT2D eigenvalue weighted by atomic mass is 10.1. The molecule has 136 valence electrons. The molecule has 0 saturated heterocycles. The van der Waals surface area contributed by atoms with Crippen molar-refractivity contribution < 1.29 is 22.5 Å². The molecule has 9 nitrogen and oxygen atoms in total. The van der Waals surface area contributed by atoms with Crippen molar-refractivity contribution in [1.29, 1.82) is 0 Å². The first-order valence-corrected chi connectivity index (χ1v) is 8.89. The lowest BCUT2D eigenvalue weighted by Gasteiger charge is -2.23. The summed E-state index contributed by atoms with van der Waals surface area (Å²) in [4.78, 5) is 12.5. The van der Waals surface area contributed by atoms with Crippen LogP contribution in [-0.4, -0.2) is 43.7 Å². The van der Waals surface area contributed by atoms with Crippen molar-refractivity contribution >= 4 is 27.6 Å². The minimum atomic E-state index is -4.04. The standard InChI is InChI=1S/C16H16N4O5S/c1-10-8-15(18-25-10)17-16(21)14-9-13(19-26(22,23)20(14)2)11-4-6-12(24-3)7-5-11/h4-9H,1-3H3,(H,17,18,21). The van der Waals surface area contributed by atoms with E-state index in [0.717, 1.165) is 4.31 Å². The number of hydrogen-bond acceptors (Lipinski definition) is 6. The topological polar surface area (TPSA) is 114 Å². The first-order chi connectivity index (χ1) is 12.3. The van der Waals surface area contributed by atoms with Crippen LogP contribution in [0.4, 0.5) is 5.82 Å². The number of benzene rings is 1. The number of amides is 1. The minimum Gasteiger partial charge on any atom is -0.497 e. The summed E-state index contributed by atoms with van der Waals surface area (Å²) in [7, 11) is -1.26. The number of hydrogen-bond donors (Lipinski definition) is 1. The van der Waals surface area contributed by atoms with Crippen LogP contribution in [0.2, 0.25) is 0 Å². The summed E-state index contributed by atoms with van der Waals surface area (Å²) < 4.78 is 39.2. The monoisotopic (exact) mass is 376 g/mol. The summed E-state index contributed by atoms with van der Waals surface area (Å²) in [5.41, 5.74) is 0.587. The number of ether oxygens (including phenoxy) is 1. The second-order valence-electron chi connectivity index (χ2n) is 5.46. The van der Waals surface area contributed by atoms with Crippen molar-refractivity contribution in [2.24, 2.45) is 4.40 Å². The zero-order chi connectivity index (χ0) is 18.9. The number of carbonyl (C=O) groups excluding carboxylic acids is 1. The Labute approximate surface area is 150 Å². The van der Waals surface area contributed by atoms with E-state index in [1.54, 1.807) is 31.2 Å². The first kappa shape index (κ1) is 17.7. The Hall–Kier alpha value is -3.14. The predicted molar refractivity (Wildman–Crippen MR) is 94.2 cm³/mol. The van der Waals surface area contributed by atoms with Crippen LogP contribution in [0.25, 0.3) is 0 Å². The molecular weight excluding hydrogens is 360 g/mol. The third-order valence-electron chi connectivity index (χ3n) is 3.66. The van der Waals surface area contributed by atoms with Crippen LogP contribution in [0.5, 0.6) is 5.75 Å². The molecular formula is C16H16N4O5S. The smallest absolute Gasteiger partial charge is 0.345 e. The summed E-state index contributed by atoms with van der Waals surface area (Å²) in [6.07, 6.45) is 1.39. The minimum absolute atomic E-state index is 0.0912. The molecule has 10 heteroatoms. The number of nitrogens with zero attached hydrogens (tertiary/aromatic N) is 3. The lowest BCUT2D eigenvalue weighted by molar-refractivity contribution is -0.113. The number of anilines is 1. The maximum absolute atomic E-state index is 12.5. The summed E-state index contributed by atoms with van der Waals surface area (Å²) in [5.74, 6) is 0.672. The van der Waals surface area contributed by atoms with E-state index >= 15 is 0 Å². The fourth-order valence-corrected chi connectivity index (χ4v) is 3.18. The van der Waals surface area contributed by atoms with Gasteiger partial charge in [-0.15, -0.1) is 4.40 Å². The molecule has 26 heavy (non-hydrogen) atoms. The third-order valence-corrected chi connectivity index (χ3v) is 4.98. The Morgan fingerprint density at radius 3 is 2.54 bits per heavy atom. The van der Waals surface area contributed by atoms with Gasteiger partial charge in [0.15, 0.2) is 5.82 Å². The van der Waals surface area contributed by atoms with Gasteiger partial charge in [0, 0.05) is 18.7 Å². The number of methoxy groups -OCH3 is 1. The molecule has 2 aromatic rings. The molecule has 3 rings (SSSR count). The molecule has 1 amide bonds. The van der Waals surface area contributed by atoms with Gasteiger partial charge in [0.1, 0.15) is 17.2 Å². The second-order valence-corrected chi connectivity index (χ2v) is 7.08. The SMILES string of the molecule is COc1ccc(C2=NS(=O)(=O)N(C)C(C(=O)Nc3cc(C)on3)=C2)cc1. The van der Waals surface area contributed by atoms with Gasteiger partial charge >= 0.3 is 10.2 Å². The summed E-state index contributed by atoms with van der Waals surface area (Å²) in [5, 5.41) is 6.16. The van der Waals surface area contributed by atoms with E-state index in [9.17, 15) is 13.2 Å². The van der Waals surface area contributed by atoms with E-state index in [-0.39, 0.29) is 17.2 Å². The van der Waals surface area contributed by atoms with Gasteiger partial charge < -0.3 is 14.6 Å². The number of aryl methyl sites for hydroxylation is 1. The van der Waals surface area contributed by atoms with Crippen molar-refractivity contribution in [1.82, 2.24) is 9.46 Å². The van der Waals surface area contributed by atoms with Crippen molar-refractivity contribution in [3.05, 3.63) is 53.4 Å². The predicted octanol–water partition coefficient (Wildman–Crippen LogP) is 1.49. The van der Waals surface area contributed by atoms with E-state index in [1.165, 1.54) is 26.3 Å². The highest BCUT2D eigenvalue weighted by molar-refractivity contribution is 7.88. The van der Waals surface area contributed by atoms with Crippen molar-refractivity contribution in [2.75, 3.05) is 19.5 Å². The fourth-order valence-electron chi connectivity index (χ4n) is 2.27. The molecule has 0 spiro atoms. The van der Waals surface area contributed by atoms with Crippen molar-refractivity contribution in [3.63, 3.8) is 0 Å². The molecule has 1 aliphatic heterocycles. The zero-order valence-electron chi connectivity index (χ0n) is 14.3. The molecule has 0 fully saturated rings. The van der Waals surface area contributed by atoms with Crippen LogP contribution < -0.4 is 10.1 Å². The fraction of sp³-hybridized carbons (Fsp3) is 0.188. The number of allylic oxidation sites excluding steroid dienone is 1. The zero-order valence-corrected chi connectivity index (χ0v) is 15.1. The molecule has 0 unspecified atom stereocenters. The lowest BCUT2D eigenvalue weighted by Crippen LogP contribution is -2.35. The van der Waals surface area contributed by atoms with Gasteiger partial charge in [-0.1, -0.05) is 5.16 Å². The van der Waals surface area contributed by atoms with Gasteiger partial charge in [0.05, 0.1) is 12.8 Å². The van der Waals surface area contributed by atoms with E-state index in [0.29, 0.717) is 17.1 Å². The maximum atomic E-state index is 12.5. The summed E-state index contributed by atoms with van der Waals surface area (Å²) in [6, 6.07) is 8.19. The van der Waals surface area contributed by atoms with Gasteiger partial charge in [0.25, 0.3) is 5.91 Å². The van der Waals surface area contributed by atoms with Gasteiger partial charge in [-0.2, -0.15) is 8.42 Å². The first-order valence-electron chi connectivity index (χ1n) is 7.50. The van der Waals surface area contributed by atoms with Crippen LogP contribution in [-0.2, 0) is 15.0 Å². The Morgan fingerprint density at radius 2 is 1.96 bits per heavy atom. The Morgan fingerprint density at radius 1 is 1.27 bits per heavy atom. The number of nitrogens with one attached hydrogen (secondary N) is 1. The molecule has 0 aliphatic carbocycles. The number of rotatable bonds is 4. The largest absolute Gasteiger partial charge is 0.497 e. The average molecular weight is 376 g/mol. The van der Waals surface area contributed by atoms with E-state index < -0.39 is 16.1 Å². The summed E-state index contributed by atoms with van der Waals surface area (Å²) in [6.45, 7) is 1.67. The number of likely N-dealkylation sites (N-methyl/N-ethyl adjacent to an activating group) is 1. The molecule has 2 heterocycles. The van der Waals surface area contributed by atoms with Gasteiger partial charge in [-0.05, 0) is 37.3 Å². The highest BCUT2D eigenvalue weighted by Gasteiger charge is 2.30. The van der Waals surface area contributed by atoms with E-state index in [4.69, 9.17) is 9.26 Å². The van der Waals surface area contributed by atoms with Crippen LogP contribution in [0.3, 0.4) is 0 Å². The van der Waals surface area contributed by atoms with Crippen LogP contribution >= 0.6 is 0 Å². The maximum Gasteiger partial charge on any atom is 0.345 e. The second kappa shape index (κ2) is 6.64. The molecule has 1 aromatic carbocycles. The van der Waals surface area contributed by atoms with Gasteiger partial charge in [0.2, 0.25) is 0 Å². The Bertz CT molecular complexity index is 1010. The normalized spacial score (nSPS) is 15.9. The third kappa shape index (κ3) is 3.45. The van der Waals surface area contributed by atoms with Gasteiger partial charge in [-0.25, -0.2) is 4.31 Å². The molecule has 0 atom stereocenters. The highest BCUT2D eigenvalue weighted by atomic mass is 32.2. The number of aromatic nitrogens is 1. The van der Waals surface area contributed by atoms with Crippen molar-refractivity contribution in [3.8, 4) is 5.75 Å². The Kier molecular flexibility index (Phi) is 4.51. The molecule has 1 aromatic heterocycles.